The molecule has 1 heterocycles. The molecule has 0 spiro atoms. The fourth-order valence-electron chi connectivity index (χ4n) is 4.44. The monoisotopic (exact) mass is 501 g/mol. The normalized spacial score (nSPS) is 15.5. The molecule has 0 radical (unpaired) electrons. The topological polar surface area (TPSA) is 116 Å². The smallest absolute Gasteiger partial charge is 0.247 e. The molecule has 3 N–H and O–H groups in total. The molecule has 35 heavy (non-hydrogen) atoms. The zero-order valence-electron chi connectivity index (χ0n) is 21.1. The van der Waals surface area contributed by atoms with E-state index in [0.717, 1.165) is 42.2 Å². The van der Waals surface area contributed by atoms with Crippen molar-refractivity contribution in [3.8, 4) is 5.75 Å². The molecule has 2 aromatic carbocycles. The fourth-order valence-corrected chi connectivity index (χ4v) is 5.00. The van der Waals surface area contributed by atoms with E-state index in [9.17, 15) is 23.1 Å². The van der Waals surface area contributed by atoms with Crippen molar-refractivity contribution in [3.05, 3.63) is 52.1 Å². The van der Waals surface area contributed by atoms with Crippen molar-refractivity contribution in [3.63, 3.8) is 0 Å². The van der Waals surface area contributed by atoms with Crippen molar-refractivity contribution in [1.29, 1.82) is 0 Å². The quantitative estimate of drug-likeness (QED) is 0.371. The standard InChI is InChI=1S/C26H35N3O5S/c1-6-7-8-9-24(30)29-15-20-13-21(28-35(5,33)34)11-10-19(20)14-23(29)26(32)27-22-12-16(2)25(31)18(4)17(22)3/h10-13,23,28,31H,6-9,14-15H2,1-5H3,(H,27,32)/t23-/m0/s1. The summed E-state index contributed by atoms with van der Waals surface area (Å²) in [5, 5.41) is 13.2. The SMILES string of the molecule is CCCCCC(=O)N1Cc2cc(NS(C)(=O)=O)ccc2C[C@H]1C(=O)Nc1cc(C)c(O)c(C)c1C. The van der Waals surface area contributed by atoms with E-state index >= 15 is 0 Å². The van der Waals surface area contributed by atoms with Gasteiger partial charge in [0.1, 0.15) is 11.8 Å². The summed E-state index contributed by atoms with van der Waals surface area (Å²) in [7, 11) is -3.43. The minimum atomic E-state index is -3.43. The number of aryl methyl sites for hydroxylation is 1. The largest absolute Gasteiger partial charge is 0.507 e. The van der Waals surface area contributed by atoms with Crippen LogP contribution in [0.4, 0.5) is 11.4 Å². The molecule has 0 saturated heterocycles. The van der Waals surface area contributed by atoms with Crippen LogP contribution in [0.15, 0.2) is 24.3 Å². The van der Waals surface area contributed by atoms with Gasteiger partial charge in [-0.05, 0) is 73.2 Å². The van der Waals surface area contributed by atoms with Gasteiger partial charge >= 0.3 is 0 Å². The van der Waals surface area contributed by atoms with Crippen LogP contribution in [0, 0.1) is 20.8 Å². The van der Waals surface area contributed by atoms with E-state index in [2.05, 4.69) is 17.0 Å². The molecule has 1 aliphatic heterocycles. The summed E-state index contributed by atoms with van der Waals surface area (Å²) in [6.45, 7) is 7.71. The number of benzene rings is 2. The zero-order chi connectivity index (χ0) is 25.9. The van der Waals surface area contributed by atoms with Crippen LogP contribution in [-0.4, -0.2) is 42.5 Å². The van der Waals surface area contributed by atoms with Gasteiger partial charge in [-0.3, -0.25) is 14.3 Å². The van der Waals surface area contributed by atoms with Crippen LogP contribution < -0.4 is 10.0 Å². The third-order valence-electron chi connectivity index (χ3n) is 6.57. The van der Waals surface area contributed by atoms with Gasteiger partial charge < -0.3 is 15.3 Å². The van der Waals surface area contributed by atoms with Crippen LogP contribution in [0.3, 0.4) is 0 Å². The molecule has 0 fully saturated rings. The number of rotatable bonds is 8. The molecular weight excluding hydrogens is 466 g/mol. The number of carbonyl (C=O) groups is 2. The zero-order valence-corrected chi connectivity index (χ0v) is 21.9. The Bertz CT molecular complexity index is 1240. The first-order valence-electron chi connectivity index (χ1n) is 11.9. The molecule has 0 aliphatic carbocycles. The number of phenolic OH excluding ortho intramolecular Hbond substituents is 1. The number of phenols is 1. The summed E-state index contributed by atoms with van der Waals surface area (Å²) in [6.07, 6.45) is 4.43. The van der Waals surface area contributed by atoms with E-state index in [0.29, 0.717) is 35.3 Å². The number of unbranched alkanes of at least 4 members (excludes halogenated alkanes) is 2. The van der Waals surface area contributed by atoms with Crippen molar-refractivity contribution >= 4 is 33.2 Å². The van der Waals surface area contributed by atoms with Gasteiger partial charge in [-0.1, -0.05) is 25.8 Å². The van der Waals surface area contributed by atoms with Crippen LogP contribution >= 0.6 is 0 Å². The highest BCUT2D eigenvalue weighted by molar-refractivity contribution is 7.92. The molecule has 190 valence electrons. The summed E-state index contributed by atoms with van der Waals surface area (Å²) in [5.41, 5.74) is 4.90. The number of carbonyl (C=O) groups excluding carboxylic acids is 2. The van der Waals surface area contributed by atoms with Gasteiger partial charge in [0.15, 0.2) is 0 Å². The molecule has 8 nitrogen and oxygen atoms in total. The Morgan fingerprint density at radius 1 is 1.09 bits per heavy atom. The second-order valence-electron chi connectivity index (χ2n) is 9.39. The lowest BCUT2D eigenvalue weighted by Crippen LogP contribution is -2.50. The number of hydrogen-bond acceptors (Lipinski definition) is 5. The Balaban J connectivity index is 1.92. The molecule has 0 unspecified atom stereocenters. The summed E-state index contributed by atoms with van der Waals surface area (Å²) in [6, 6.07) is 6.25. The number of aromatic hydroxyl groups is 1. The third-order valence-corrected chi connectivity index (χ3v) is 7.18. The van der Waals surface area contributed by atoms with Crippen LogP contribution in [0.2, 0.25) is 0 Å². The molecular formula is C26H35N3O5S. The lowest BCUT2D eigenvalue weighted by Gasteiger charge is -2.36. The fraction of sp³-hybridized carbons (Fsp3) is 0.462. The minimum Gasteiger partial charge on any atom is -0.507 e. The maximum atomic E-state index is 13.5. The van der Waals surface area contributed by atoms with Crippen molar-refractivity contribution in [2.45, 2.75) is 72.4 Å². The van der Waals surface area contributed by atoms with Crippen LogP contribution in [0.1, 0.15) is 60.4 Å². The summed E-state index contributed by atoms with van der Waals surface area (Å²) >= 11 is 0. The maximum absolute atomic E-state index is 13.5. The van der Waals surface area contributed by atoms with Crippen LogP contribution in [-0.2, 0) is 32.6 Å². The predicted molar refractivity (Wildman–Crippen MR) is 138 cm³/mol. The molecule has 1 atom stereocenters. The van der Waals surface area contributed by atoms with Gasteiger partial charge in [0, 0.05) is 30.8 Å². The number of fused-ring (bicyclic) bond motifs is 1. The summed E-state index contributed by atoms with van der Waals surface area (Å²) < 4.78 is 25.8. The third kappa shape index (κ3) is 6.33. The van der Waals surface area contributed by atoms with Crippen molar-refractivity contribution in [2.75, 3.05) is 16.3 Å². The summed E-state index contributed by atoms with van der Waals surface area (Å²) in [5.74, 6) is -0.177. The molecule has 9 heteroatoms. The lowest BCUT2D eigenvalue weighted by atomic mass is 9.92. The van der Waals surface area contributed by atoms with Gasteiger partial charge in [-0.25, -0.2) is 8.42 Å². The van der Waals surface area contributed by atoms with Gasteiger partial charge in [0.25, 0.3) is 0 Å². The number of anilines is 2. The molecule has 2 aromatic rings. The van der Waals surface area contributed by atoms with Crippen molar-refractivity contribution in [2.24, 2.45) is 0 Å². The van der Waals surface area contributed by atoms with E-state index in [1.165, 1.54) is 0 Å². The Kier molecular flexibility index (Phi) is 8.10. The second-order valence-corrected chi connectivity index (χ2v) is 11.1. The van der Waals surface area contributed by atoms with E-state index < -0.39 is 16.1 Å². The first-order valence-corrected chi connectivity index (χ1v) is 13.8. The van der Waals surface area contributed by atoms with Gasteiger partial charge in [-0.15, -0.1) is 0 Å². The molecule has 3 rings (SSSR count). The molecule has 2 amide bonds. The first kappa shape index (κ1) is 26.5. The van der Waals surface area contributed by atoms with Crippen LogP contribution in [0.5, 0.6) is 5.75 Å². The predicted octanol–water partition coefficient (Wildman–Crippen LogP) is 4.16. The Morgan fingerprint density at radius 3 is 2.46 bits per heavy atom. The highest BCUT2D eigenvalue weighted by atomic mass is 32.2. The summed E-state index contributed by atoms with van der Waals surface area (Å²) in [4.78, 5) is 28.3. The van der Waals surface area contributed by atoms with E-state index in [1.807, 2.05) is 13.0 Å². The minimum absolute atomic E-state index is 0.0967. The second kappa shape index (κ2) is 10.7. The van der Waals surface area contributed by atoms with Gasteiger partial charge in [0.05, 0.1) is 6.26 Å². The van der Waals surface area contributed by atoms with E-state index in [1.54, 1.807) is 36.9 Å². The molecule has 0 bridgehead atoms. The van der Waals surface area contributed by atoms with Gasteiger partial charge in [0.2, 0.25) is 21.8 Å². The highest BCUT2D eigenvalue weighted by Gasteiger charge is 2.35. The Hall–Kier alpha value is -3.07. The number of nitrogens with zero attached hydrogens (tertiary/aromatic N) is 1. The number of amides is 2. The molecule has 0 saturated carbocycles. The van der Waals surface area contributed by atoms with E-state index in [4.69, 9.17) is 0 Å². The van der Waals surface area contributed by atoms with Gasteiger partial charge in [-0.2, -0.15) is 0 Å². The highest BCUT2D eigenvalue weighted by Crippen LogP contribution is 2.32. The van der Waals surface area contributed by atoms with Crippen LogP contribution in [0.25, 0.3) is 0 Å². The Morgan fingerprint density at radius 2 is 1.80 bits per heavy atom. The average Bonchev–Trinajstić information content (AvgIpc) is 2.79. The molecule has 0 aromatic heterocycles. The van der Waals surface area contributed by atoms with Crippen molar-refractivity contribution in [1.82, 2.24) is 4.90 Å². The average molecular weight is 502 g/mol. The Labute approximate surface area is 207 Å². The molecule has 1 aliphatic rings. The maximum Gasteiger partial charge on any atom is 0.247 e. The lowest BCUT2D eigenvalue weighted by molar-refractivity contribution is -0.140. The van der Waals surface area contributed by atoms with E-state index in [-0.39, 0.29) is 24.1 Å². The number of sulfonamides is 1. The first-order chi connectivity index (χ1) is 16.4. The van der Waals surface area contributed by atoms with Crippen molar-refractivity contribution < 1.29 is 23.1 Å². The number of nitrogens with one attached hydrogen (secondary N) is 2. The number of hydrogen-bond donors (Lipinski definition) is 3.